The summed E-state index contributed by atoms with van der Waals surface area (Å²) in [6.45, 7) is 0. The molecule has 1 unspecified atom stereocenters. The zero-order chi connectivity index (χ0) is 7.40. The Bertz CT molecular complexity index is 220. The van der Waals surface area contributed by atoms with Crippen LogP contribution in [0.5, 0.6) is 5.75 Å². The summed E-state index contributed by atoms with van der Waals surface area (Å²) in [6, 6.07) is 8.93. The second-order valence-corrected chi connectivity index (χ2v) is 2.21. The lowest BCUT2D eigenvalue weighted by Crippen LogP contribution is -1.93. The summed E-state index contributed by atoms with van der Waals surface area (Å²) in [7, 11) is 1.95. The maximum Gasteiger partial charge on any atom is 0.325 e. The lowest BCUT2D eigenvalue weighted by Gasteiger charge is -1.97. The molecular weight excluding hydrogens is 147 g/mol. The van der Waals surface area contributed by atoms with Crippen molar-refractivity contribution in [2.45, 2.75) is 0 Å². The van der Waals surface area contributed by atoms with Gasteiger partial charge in [0.2, 0.25) is 0 Å². The topological polar surface area (TPSA) is 26.3 Å². The van der Waals surface area contributed by atoms with Gasteiger partial charge in [0.25, 0.3) is 0 Å². The van der Waals surface area contributed by atoms with Crippen LogP contribution in [0.4, 0.5) is 4.79 Å². The molecule has 0 aromatic heterocycles. The molecule has 0 aliphatic rings. The minimum absolute atomic E-state index is 0.369. The fraction of sp³-hybridized carbons (Fsp3) is 0. The summed E-state index contributed by atoms with van der Waals surface area (Å²) in [5.74, 6) is 0.572. The zero-order valence-electron chi connectivity index (χ0n) is 5.28. The summed E-state index contributed by atoms with van der Waals surface area (Å²) < 4.78 is 4.74. The highest BCUT2D eigenvalue weighted by atomic mass is 31.0. The molecule has 0 radical (unpaired) electrons. The first-order valence-electron chi connectivity index (χ1n) is 2.81. The molecule has 0 aliphatic carbocycles. The van der Waals surface area contributed by atoms with E-state index in [1.54, 1.807) is 12.1 Å². The average molecular weight is 154 g/mol. The molecule has 0 bridgehead atoms. The van der Waals surface area contributed by atoms with Crippen LogP contribution in [0, 0.1) is 0 Å². The van der Waals surface area contributed by atoms with Crippen molar-refractivity contribution >= 4 is 15.0 Å². The summed E-state index contributed by atoms with van der Waals surface area (Å²) >= 11 is 0. The van der Waals surface area contributed by atoms with Gasteiger partial charge in [-0.05, 0) is 21.4 Å². The predicted molar refractivity (Wildman–Crippen MR) is 42.2 cm³/mol. The number of benzene rings is 1. The minimum Gasteiger partial charge on any atom is -0.424 e. The first kappa shape index (κ1) is 7.23. The maximum atomic E-state index is 10.4. The van der Waals surface area contributed by atoms with Gasteiger partial charge < -0.3 is 4.74 Å². The SMILES string of the molecule is O=C(P)Oc1ccccc1. The van der Waals surface area contributed by atoms with Crippen molar-refractivity contribution < 1.29 is 9.53 Å². The summed E-state index contributed by atoms with van der Waals surface area (Å²) in [5, 5.41) is 0. The average Bonchev–Trinajstić information content (AvgIpc) is 1.88. The minimum atomic E-state index is -0.369. The van der Waals surface area contributed by atoms with Gasteiger partial charge >= 0.3 is 5.71 Å². The molecule has 0 aliphatic heterocycles. The van der Waals surface area contributed by atoms with Gasteiger partial charge in [-0.25, -0.2) is 4.79 Å². The fourth-order valence-corrected chi connectivity index (χ4v) is 0.741. The van der Waals surface area contributed by atoms with Crippen molar-refractivity contribution in [3.05, 3.63) is 30.3 Å². The maximum absolute atomic E-state index is 10.4. The Morgan fingerprint density at radius 2 is 1.90 bits per heavy atom. The highest BCUT2D eigenvalue weighted by Crippen LogP contribution is 2.09. The Morgan fingerprint density at radius 3 is 2.40 bits per heavy atom. The third-order valence-electron chi connectivity index (χ3n) is 0.962. The summed E-state index contributed by atoms with van der Waals surface area (Å²) in [4.78, 5) is 10.4. The van der Waals surface area contributed by atoms with Gasteiger partial charge in [-0.15, -0.1) is 0 Å². The van der Waals surface area contributed by atoms with Gasteiger partial charge in [0.15, 0.2) is 0 Å². The molecule has 0 spiro atoms. The molecule has 52 valence electrons. The Morgan fingerprint density at radius 1 is 1.30 bits per heavy atom. The van der Waals surface area contributed by atoms with E-state index in [9.17, 15) is 4.79 Å². The van der Waals surface area contributed by atoms with E-state index in [4.69, 9.17) is 4.74 Å². The molecule has 3 heteroatoms. The van der Waals surface area contributed by atoms with Crippen molar-refractivity contribution in [2.75, 3.05) is 0 Å². The second kappa shape index (κ2) is 3.33. The van der Waals surface area contributed by atoms with Crippen LogP contribution in [0.15, 0.2) is 30.3 Å². The smallest absolute Gasteiger partial charge is 0.325 e. The van der Waals surface area contributed by atoms with Gasteiger partial charge in [-0.3, -0.25) is 0 Å². The Hall–Kier alpha value is -0.880. The van der Waals surface area contributed by atoms with E-state index >= 15 is 0 Å². The molecule has 1 aromatic rings. The van der Waals surface area contributed by atoms with Gasteiger partial charge in [0, 0.05) is 0 Å². The normalized spacial score (nSPS) is 8.90. The first-order chi connectivity index (χ1) is 4.79. The number of hydrogen-bond donors (Lipinski definition) is 0. The lowest BCUT2D eigenvalue weighted by molar-refractivity contribution is 0.227. The number of para-hydroxylation sites is 1. The van der Waals surface area contributed by atoms with Gasteiger partial charge in [-0.2, -0.15) is 0 Å². The third kappa shape index (κ3) is 2.16. The van der Waals surface area contributed by atoms with E-state index in [2.05, 4.69) is 0 Å². The molecule has 2 nitrogen and oxygen atoms in total. The van der Waals surface area contributed by atoms with E-state index in [0.717, 1.165) is 0 Å². The monoisotopic (exact) mass is 154 g/mol. The highest BCUT2D eigenvalue weighted by molar-refractivity contribution is 7.39. The van der Waals surface area contributed by atoms with Crippen LogP contribution >= 0.6 is 9.24 Å². The van der Waals surface area contributed by atoms with Crippen molar-refractivity contribution in [1.29, 1.82) is 0 Å². The third-order valence-corrected chi connectivity index (χ3v) is 1.08. The van der Waals surface area contributed by atoms with Crippen LogP contribution in [0.1, 0.15) is 0 Å². The quantitative estimate of drug-likeness (QED) is 0.578. The number of carbonyl (C=O) groups excluding carboxylic acids is 1. The molecular formula is C7H7O2P. The van der Waals surface area contributed by atoms with Crippen LogP contribution in [0.2, 0.25) is 0 Å². The molecule has 0 saturated carbocycles. The van der Waals surface area contributed by atoms with Crippen molar-refractivity contribution in [3.63, 3.8) is 0 Å². The lowest BCUT2D eigenvalue weighted by atomic mass is 10.3. The van der Waals surface area contributed by atoms with Crippen LogP contribution in [-0.4, -0.2) is 5.71 Å². The number of carbonyl (C=O) groups is 1. The standard InChI is InChI=1S/C7H7O2P/c8-7(10)9-6-4-2-1-3-5-6/h1-5H,10H2. The van der Waals surface area contributed by atoms with Crippen molar-refractivity contribution in [1.82, 2.24) is 0 Å². The van der Waals surface area contributed by atoms with E-state index in [-0.39, 0.29) is 5.71 Å². The Balaban J connectivity index is 2.67. The molecule has 1 rings (SSSR count). The van der Waals surface area contributed by atoms with Crippen LogP contribution < -0.4 is 4.74 Å². The Labute approximate surface area is 61.4 Å². The number of hydrogen-bond acceptors (Lipinski definition) is 2. The molecule has 0 heterocycles. The zero-order valence-corrected chi connectivity index (χ0v) is 6.44. The molecule has 0 saturated heterocycles. The molecule has 0 N–H and O–H groups in total. The van der Waals surface area contributed by atoms with Gasteiger partial charge in [0.05, 0.1) is 0 Å². The van der Waals surface area contributed by atoms with Gasteiger partial charge in [0.1, 0.15) is 5.75 Å². The van der Waals surface area contributed by atoms with E-state index in [1.165, 1.54) is 0 Å². The van der Waals surface area contributed by atoms with E-state index < -0.39 is 0 Å². The largest absolute Gasteiger partial charge is 0.424 e. The predicted octanol–water partition coefficient (Wildman–Crippen LogP) is 2.06. The van der Waals surface area contributed by atoms with Crippen LogP contribution in [0.25, 0.3) is 0 Å². The number of rotatable bonds is 1. The van der Waals surface area contributed by atoms with Gasteiger partial charge in [-0.1, -0.05) is 18.2 Å². The van der Waals surface area contributed by atoms with E-state index in [1.807, 2.05) is 27.4 Å². The second-order valence-electron chi connectivity index (χ2n) is 1.73. The van der Waals surface area contributed by atoms with E-state index in [0.29, 0.717) is 5.75 Å². The molecule has 10 heavy (non-hydrogen) atoms. The first-order valence-corrected chi connectivity index (χ1v) is 3.39. The molecule has 0 amide bonds. The summed E-state index contributed by atoms with van der Waals surface area (Å²) in [5.41, 5.74) is -0.369. The van der Waals surface area contributed by atoms with Crippen molar-refractivity contribution in [3.8, 4) is 5.75 Å². The van der Waals surface area contributed by atoms with Crippen LogP contribution in [-0.2, 0) is 0 Å². The molecule has 1 aromatic carbocycles. The number of ether oxygens (including phenoxy) is 1. The van der Waals surface area contributed by atoms with Crippen molar-refractivity contribution in [2.24, 2.45) is 0 Å². The highest BCUT2D eigenvalue weighted by Gasteiger charge is 1.93. The molecule has 1 atom stereocenters. The summed E-state index contributed by atoms with van der Waals surface area (Å²) in [6.07, 6.45) is 0. The Kier molecular flexibility index (Phi) is 2.41. The fourth-order valence-electron chi connectivity index (χ4n) is 0.605. The van der Waals surface area contributed by atoms with Crippen LogP contribution in [0.3, 0.4) is 0 Å². The molecule has 0 fully saturated rings.